The van der Waals surface area contributed by atoms with Crippen LogP contribution in [0.15, 0.2) is 60.7 Å². The van der Waals surface area contributed by atoms with Crippen LogP contribution >= 0.6 is 24.8 Å². The van der Waals surface area contributed by atoms with Crippen LogP contribution in [0, 0.1) is 0 Å². The average Bonchev–Trinajstić information content (AvgIpc) is 2.72. The molecule has 2 aromatic rings. The van der Waals surface area contributed by atoms with E-state index in [1.165, 1.54) is 0 Å². The molecule has 0 radical (unpaired) electrons. The molecule has 0 unspecified atom stereocenters. The van der Waals surface area contributed by atoms with Crippen molar-refractivity contribution >= 4 is 42.3 Å². The summed E-state index contributed by atoms with van der Waals surface area (Å²) >= 11 is 0. The molecule has 8 heteroatoms. The molecule has 6 nitrogen and oxygen atoms in total. The van der Waals surface area contributed by atoms with Gasteiger partial charge < -0.3 is 15.5 Å². The number of carbonyl (C=O) groups is 2. The van der Waals surface area contributed by atoms with Crippen LogP contribution in [-0.4, -0.2) is 60.9 Å². The molecule has 158 valence electrons. The largest absolute Gasteiger partial charge is 0.376 e. The Bertz CT molecular complexity index is 739. The van der Waals surface area contributed by atoms with Gasteiger partial charge in [-0.25, -0.2) is 0 Å². The van der Waals surface area contributed by atoms with E-state index in [9.17, 15) is 9.59 Å². The first-order chi connectivity index (χ1) is 13.2. The second kappa shape index (κ2) is 13.0. The molecule has 1 saturated heterocycles. The SMILES string of the molecule is Cl.Cl.O=C(CN1CCN(C(=O)CNc2ccccc2)CC1)NCc1ccccc1. The third kappa shape index (κ3) is 8.31. The Balaban J connectivity index is 0.00000210. The molecule has 0 atom stereocenters. The predicted octanol–water partition coefficient (Wildman–Crippen LogP) is 2.40. The third-order valence-electron chi connectivity index (χ3n) is 4.64. The summed E-state index contributed by atoms with van der Waals surface area (Å²) in [4.78, 5) is 28.4. The van der Waals surface area contributed by atoms with Crippen LogP contribution in [0.5, 0.6) is 0 Å². The van der Waals surface area contributed by atoms with E-state index >= 15 is 0 Å². The summed E-state index contributed by atoms with van der Waals surface area (Å²) in [6.45, 7) is 3.95. The van der Waals surface area contributed by atoms with Gasteiger partial charge in [-0.15, -0.1) is 24.8 Å². The zero-order valence-corrected chi connectivity index (χ0v) is 17.9. The summed E-state index contributed by atoms with van der Waals surface area (Å²) in [7, 11) is 0. The highest BCUT2D eigenvalue weighted by atomic mass is 35.5. The van der Waals surface area contributed by atoms with E-state index in [4.69, 9.17) is 0 Å². The van der Waals surface area contributed by atoms with Crippen LogP contribution in [0.2, 0.25) is 0 Å². The zero-order valence-electron chi connectivity index (χ0n) is 16.3. The molecule has 1 aliphatic heterocycles. The molecule has 3 rings (SSSR count). The van der Waals surface area contributed by atoms with Gasteiger partial charge in [-0.1, -0.05) is 48.5 Å². The number of carbonyl (C=O) groups excluding carboxylic acids is 2. The lowest BCUT2D eigenvalue weighted by Gasteiger charge is -2.34. The van der Waals surface area contributed by atoms with E-state index in [1.54, 1.807) is 0 Å². The second-order valence-electron chi connectivity index (χ2n) is 6.64. The van der Waals surface area contributed by atoms with Gasteiger partial charge in [0.25, 0.3) is 0 Å². The number of para-hydroxylation sites is 1. The maximum Gasteiger partial charge on any atom is 0.241 e. The average molecular weight is 439 g/mol. The minimum Gasteiger partial charge on any atom is -0.376 e. The lowest BCUT2D eigenvalue weighted by atomic mass is 10.2. The van der Waals surface area contributed by atoms with Gasteiger partial charge in [-0.2, -0.15) is 0 Å². The first kappa shape index (κ1) is 24.8. The monoisotopic (exact) mass is 438 g/mol. The normalized spacial score (nSPS) is 13.6. The minimum atomic E-state index is 0. The molecular weight excluding hydrogens is 411 g/mol. The molecule has 0 aliphatic carbocycles. The molecule has 29 heavy (non-hydrogen) atoms. The first-order valence-corrected chi connectivity index (χ1v) is 9.30. The van der Waals surface area contributed by atoms with Crippen molar-refractivity contribution < 1.29 is 9.59 Å². The number of piperazine rings is 1. The third-order valence-corrected chi connectivity index (χ3v) is 4.64. The Kier molecular flexibility index (Phi) is 11.1. The fraction of sp³-hybridized carbons (Fsp3) is 0.333. The van der Waals surface area contributed by atoms with E-state index in [2.05, 4.69) is 15.5 Å². The highest BCUT2D eigenvalue weighted by Crippen LogP contribution is 2.06. The molecule has 0 bridgehead atoms. The number of benzene rings is 2. The molecule has 2 N–H and O–H groups in total. The first-order valence-electron chi connectivity index (χ1n) is 9.30. The van der Waals surface area contributed by atoms with Crippen LogP contribution in [0.4, 0.5) is 5.69 Å². The zero-order chi connectivity index (χ0) is 18.9. The Morgan fingerprint density at radius 3 is 2.03 bits per heavy atom. The highest BCUT2D eigenvalue weighted by molar-refractivity contribution is 5.85. The molecule has 1 fully saturated rings. The van der Waals surface area contributed by atoms with Crippen LogP contribution in [0.1, 0.15) is 5.56 Å². The Morgan fingerprint density at radius 2 is 1.41 bits per heavy atom. The molecule has 1 heterocycles. The Morgan fingerprint density at radius 1 is 0.828 bits per heavy atom. The molecule has 0 saturated carbocycles. The summed E-state index contributed by atoms with van der Waals surface area (Å²) < 4.78 is 0. The van der Waals surface area contributed by atoms with Crippen molar-refractivity contribution in [2.24, 2.45) is 0 Å². The highest BCUT2D eigenvalue weighted by Gasteiger charge is 2.22. The quantitative estimate of drug-likeness (QED) is 0.696. The predicted molar refractivity (Wildman–Crippen MR) is 121 cm³/mol. The number of nitrogens with one attached hydrogen (secondary N) is 2. The number of halogens is 2. The number of rotatable bonds is 7. The Hall–Kier alpha value is -2.28. The van der Waals surface area contributed by atoms with Gasteiger partial charge in [0.2, 0.25) is 11.8 Å². The van der Waals surface area contributed by atoms with Crippen molar-refractivity contribution in [2.75, 3.05) is 44.6 Å². The van der Waals surface area contributed by atoms with Crippen molar-refractivity contribution in [2.45, 2.75) is 6.54 Å². The number of hydrogen-bond acceptors (Lipinski definition) is 4. The van der Waals surface area contributed by atoms with Gasteiger partial charge in [-0.05, 0) is 17.7 Å². The van der Waals surface area contributed by atoms with E-state index in [1.807, 2.05) is 65.6 Å². The summed E-state index contributed by atoms with van der Waals surface area (Å²) in [5.74, 6) is 0.108. The molecule has 2 amide bonds. The molecule has 1 aliphatic rings. The van der Waals surface area contributed by atoms with Crippen LogP contribution in [0.25, 0.3) is 0 Å². The summed E-state index contributed by atoms with van der Waals surface area (Å²) in [6.07, 6.45) is 0. The van der Waals surface area contributed by atoms with Gasteiger partial charge in [0.15, 0.2) is 0 Å². The van der Waals surface area contributed by atoms with Crippen molar-refractivity contribution in [3.05, 3.63) is 66.2 Å². The van der Waals surface area contributed by atoms with Crippen LogP contribution in [-0.2, 0) is 16.1 Å². The molecular formula is C21H28Cl2N4O2. The van der Waals surface area contributed by atoms with Crippen molar-refractivity contribution in [3.8, 4) is 0 Å². The van der Waals surface area contributed by atoms with Crippen molar-refractivity contribution in [1.29, 1.82) is 0 Å². The maximum absolute atomic E-state index is 12.3. The number of hydrogen-bond donors (Lipinski definition) is 2. The van der Waals surface area contributed by atoms with Gasteiger partial charge >= 0.3 is 0 Å². The summed E-state index contributed by atoms with van der Waals surface area (Å²) in [5, 5.41) is 6.10. The number of nitrogens with zero attached hydrogens (tertiary/aromatic N) is 2. The maximum atomic E-state index is 12.3. The summed E-state index contributed by atoms with van der Waals surface area (Å²) in [5.41, 5.74) is 2.03. The minimum absolute atomic E-state index is 0. The standard InChI is InChI=1S/C21H26N4O2.2ClH/c26-20(23-15-18-7-3-1-4-8-18)17-24-11-13-25(14-12-24)21(27)16-22-19-9-5-2-6-10-19;;/h1-10,22H,11-17H2,(H,23,26);2*1H. The van der Waals surface area contributed by atoms with Crippen LogP contribution < -0.4 is 10.6 Å². The number of amides is 2. The topological polar surface area (TPSA) is 64.7 Å². The lowest BCUT2D eigenvalue weighted by molar-refractivity contribution is -0.131. The van der Waals surface area contributed by atoms with Crippen molar-refractivity contribution in [3.63, 3.8) is 0 Å². The van der Waals surface area contributed by atoms with E-state index in [-0.39, 0.29) is 36.6 Å². The van der Waals surface area contributed by atoms with Crippen molar-refractivity contribution in [1.82, 2.24) is 15.1 Å². The fourth-order valence-corrected chi connectivity index (χ4v) is 3.06. The fourth-order valence-electron chi connectivity index (χ4n) is 3.06. The van der Waals surface area contributed by atoms with Gasteiger partial charge in [0, 0.05) is 38.4 Å². The van der Waals surface area contributed by atoms with Gasteiger partial charge in [0.1, 0.15) is 0 Å². The van der Waals surface area contributed by atoms with E-state index in [0.29, 0.717) is 32.7 Å². The summed E-state index contributed by atoms with van der Waals surface area (Å²) in [6, 6.07) is 19.6. The number of anilines is 1. The van der Waals surface area contributed by atoms with Crippen LogP contribution in [0.3, 0.4) is 0 Å². The molecule has 0 spiro atoms. The second-order valence-corrected chi connectivity index (χ2v) is 6.64. The smallest absolute Gasteiger partial charge is 0.241 e. The molecule has 0 aromatic heterocycles. The van der Waals surface area contributed by atoms with Gasteiger partial charge in [0.05, 0.1) is 13.1 Å². The lowest BCUT2D eigenvalue weighted by Crippen LogP contribution is -2.52. The van der Waals surface area contributed by atoms with E-state index in [0.717, 1.165) is 24.3 Å². The molecule has 2 aromatic carbocycles. The Labute approximate surface area is 184 Å². The van der Waals surface area contributed by atoms with Gasteiger partial charge in [-0.3, -0.25) is 14.5 Å². The van der Waals surface area contributed by atoms with E-state index < -0.39 is 0 Å².